The van der Waals surface area contributed by atoms with Gasteiger partial charge in [0.1, 0.15) is 11.8 Å². The van der Waals surface area contributed by atoms with Crippen LogP contribution in [0.1, 0.15) is 5.56 Å². The summed E-state index contributed by atoms with van der Waals surface area (Å²) in [6.07, 6.45) is 0.698. The van der Waals surface area contributed by atoms with Crippen molar-refractivity contribution >= 4 is 12.4 Å². The van der Waals surface area contributed by atoms with Crippen molar-refractivity contribution in [3.05, 3.63) is 29.8 Å². The van der Waals surface area contributed by atoms with Crippen molar-refractivity contribution in [1.82, 2.24) is 4.90 Å². The van der Waals surface area contributed by atoms with Crippen molar-refractivity contribution < 1.29 is 19.8 Å². The third-order valence-electron chi connectivity index (χ3n) is 2.31. The van der Waals surface area contributed by atoms with Gasteiger partial charge in [0.2, 0.25) is 6.41 Å². The van der Waals surface area contributed by atoms with E-state index in [2.05, 4.69) is 0 Å². The highest BCUT2D eigenvalue weighted by Gasteiger charge is 2.21. The Morgan fingerprint density at radius 2 is 2.00 bits per heavy atom. The quantitative estimate of drug-likeness (QED) is 0.711. The number of carbonyl (C=O) groups excluding carboxylic acids is 1. The van der Waals surface area contributed by atoms with Gasteiger partial charge in [0, 0.05) is 13.5 Å². The van der Waals surface area contributed by atoms with E-state index in [4.69, 9.17) is 10.2 Å². The van der Waals surface area contributed by atoms with E-state index in [9.17, 15) is 9.59 Å². The van der Waals surface area contributed by atoms with Gasteiger partial charge in [0.15, 0.2) is 0 Å². The van der Waals surface area contributed by atoms with E-state index in [0.717, 1.165) is 10.5 Å². The van der Waals surface area contributed by atoms with Crippen LogP contribution in [-0.4, -0.2) is 40.6 Å². The van der Waals surface area contributed by atoms with E-state index >= 15 is 0 Å². The molecule has 0 radical (unpaired) electrons. The Balaban J connectivity index is 2.79. The van der Waals surface area contributed by atoms with Gasteiger partial charge in [-0.25, -0.2) is 4.79 Å². The fourth-order valence-electron chi connectivity index (χ4n) is 1.33. The zero-order valence-electron chi connectivity index (χ0n) is 8.83. The van der Waals surface area contributed by atoms with E-state index in [-0.39, 0.29) is 12.2 Å². The minimum atomic E-state index is -1.05. The number of phenols is 1. The molecule has 0 aliphatic rings. The van der Waals surface area contributed by atoms with Crippen LogP contribution in [0.5, 0.6) is 5.75 Å². The van der Waals surface area contributed by atoms with Crippen molar-refractivity contribution in [2.24, 2.45) is 0 Å². The SMILES string of the molecule is CN(C=O)[C@@H](Cc1ccc(O)cc1)C(=O)O. The number of carbonyl (C=O) groups is 2. The second-order valence-corrected chi connectivity index (χ2v) is 3.50. The highest BCUT2D eigenvalue weighted by atomic mass is 16.4. The molecule has 0 saturated heterocycles. The fraction of sp³-hybridized carbons (Fsp3) is 0.273. The molecule has 0 fully saturated rings. The number of likely N-dealkylation sites (N-methyl/N-ethyl adjacent to an activating group) is 1. The molecule has 1 aromatic carbocycles. The lowest BCUT2D eigenvalue weighted by molar-refractivity contribution is -0.145. The summed E-state index contributed by atoms with van der Waals surface area (Å²) in [7, 11) is 1.42. The van der Waals surface area contributed by atoms with Gasteiger partial charge in [-0.05, 0) is 17.7 Å². The Morgan fingerprint density at radius 3 is 2.44 bits per heavy atom. The maximum absolute atomic E-state index is 10.9. The van der Waals surface area contributed by atoms with E-state index < -0.39 is 12.0 Å². The van der Waals surface area contributed by atoms with Crippen LogP contribution < -0.4 is 0 Å². The molecule has 2 N–H and O–H groups in total. The number of carboxylic acids is 1. The van der Waals surface area contributed by atoms with Crippen molar-refractivity contribution in [3.63, 3.8) is 0 Å². The van der Waals surface area contributed by atoms with Crippen LogP contribution in [0.25, 0.3) is 0 Å². The number of hydrogen-bond donors (Lipinski definition) is 2. The van der Waals surface area contributed by atoms with Gasteiger partial charge < -0.3 is 15.1 Å². The molecule has 0 aliphatic carbocycles. The number of phenolic OH excluding ortho intramolecular Hbond substituents is 1. The highest BCUT2D eigenvalue weighted by molar-refractivity contribution is 5.76. The van der Waals surface area contributed by atoms with Crippen molar-refractivity contribution in [1.29, 1.82) is 0 Å². The summed E-state index contributed by atoms with van der Waals surface area (Å²) in [5.74, 6) is -0.929. The predicted molar refractivity (Wildman–Crippen MR) is 57.1 cm³/mol. The Morgan fingerprint density at radius 1 is 1.44 bits per heavy atom. The largest absolute Gasteiger partial charge is 0.508 e. The zero-order chi connectivity index (χ0) is 12.1. The highest BCUT2D eigenvalue weighted by Crippen LogP contribution is 2.12. The van der Waals surface area contributed by atoms with Crippen LogP contribution in [0.2, 0.25) is 0 Å². The summed E-state index contributed by atoms with van der Waals surface area (Å²) in [4.78, 5) is 22.5. The van der Waals surface area contributed by atoms with E-state index in [1.807, 2.05) is 0 Å². The summed E-state index contributed by atoms with van der Waals surface area (Å²) in [5.41, 5.74) is 0.749. The fourth-order valence-corrected chi connectivity index (χ4v) is 1.33. The second-order valence-electron chi connectivity index (χ2n) is 3.50. The van der Waals surface area contributed by atoms with Gasteiger partial charge in [-0.3, -0.25) is 4.79 Å². The van der Waals surface area contributed by atoms with Crippen molar-refractivity contribution in [2.75, 3.05) is 7.05 Å². The van der Waals surface area contributed by atoms with Crippen LogP contribution >= 0.6 is 0 Å². The molecule has 0 bridgehead atoms. The topological polar surface area (TPSA) is 77.8 Å². The monoisotopic (exact) mass is 223 g/mol. The number of hydrogen-bond acceptors (Lipinski definition) is 3. The molecule has 1 amide bonds. The third-order valence-corrected chi connectivity index (χ3v) is 2.31. The summed E-state index contributed by atoms with van der Waals surface area (Å²) in [6.45, 7) is 0. The molecule has 1 atom stereocenters. The summed E-state index contributed by atoms with van der Waals surface area (Å²) in [6, 6.07) is 5.33. The van der Waals surface area contributed by atoms with Crippen molar-refractivity contribution in [2.45, 2.75) is 12.5 Å². The standard InChI is InChI=1S/C11H13NO4/c1-12(7-13)10(11(15)16)6-8-2-4-9(14)5-3-8/h2-5,7,10,14H,6H2,1H3,(H,15,16)/t10-/m0/s1. The normalized spacial score (nSPS) is 11.8. The van der Waals surface area contributed by atoms with Gasteiger partial charge in [-0.1, -0.05) is 12.1 Å². The lowest BCUT2D eigenvalue weighted by Crippen LogP contribution is -2.39. The van der Waals surface area contributed by atoms with Crippen LogP contribution in [0.3, 0.4) is 0 Å². The first-order valence-electron chi connectivity index (χ1n) is 4.72. The first-order valence-corrected chi connectivity index (χ1v) is 4.72. The lowest BCUT2D eigenvalue weighted by Gasteiger charge is -2.20. The van der Waals surface area contributed by atoms with E-state index in [1.165, 1.54) is 19.2 Å². The zero-order valence-corrected chi connectivity index (χ0v) is 8.83. The average Bonchev–Trinajstić information content (AvgIpc) is 2.27. The Bertz CT molecular complexity index is 374. The molecule has 0 aliphatic heterocycles. The molecule has 0 aromatic heterocycles. The van der Waals surface area contributed by atoms with Crippen molar-refractivity contribution in [3.8, 4) is 5.75 Å². The maximum atomic E-state index is 10.9. The molecular formula is C11H13NO4. The van der Waals surface area contributed by atoms with E-state index in [0.29, 0.717) is 6.41 Å². The van der Waals surface area contributed by atoms with Gasteiger partial charge in [-0.2, -0.15) is 0 Å². The molecule has 0 heterocycles. The molecule has 0 unspecified atom stereocenters. The predicted octanol–water partition coefficient (Wildman–Crippen LogP) is 0.476. The number of amides is 1. The average molecular weight is 223 g/mol. The minimum absolute atomic E-state index is 0.124. The molecule has 16 heavy (non-hydrogen) atoms. The number of benzene rings is 1. The first-order chi connectivity index (χ1) is 7.54. The number of rotatable bonds is 5. The molecule has 1 rings (SSSR count). The van der Waals surface area contributed by atoms with E-state index in [1.54, 1.807) is 12.1 Å². The van der Waals surface area contributed by atoms with Crippen LogP contribution in [0, 0.1) is 0 Å². The van der Waals surface area contributed by atoms with Crippen LogP contribution in [0.15, 0.2) is 24.3 Å². The molecule has 5 nitrogen and oxygen atoms in total. The Hall–Kier alpha value is -2.04. The lowest BCUT2D eigenvalue weighted by atomic mass is 10.1. The van der Waals surface area contributed by atoms with Crippen LogP contribution in [-0.2, 0) is 16.0 Å². The number of aromatic hydroxyl groups is 1. The molecule has 0 spiro atoms. The molecular weight excluding hydrogens is 210 g/mol. The summed E-state index contributed by atoms with van der Waals surface area (Å²) >= 11 is 0. The number of nitrogens with zero attached hydrogens (tertiary/aromatic N) is 1. The van der Waals surface area contributed by atoms with Gasteiger partial charge >= 0.3 is 5.97 Å². The van der Waals surface area contributed by atoms with Gasteiger partial charge in [0.05, 0.1) is 0 Å². The molecule has 86 valence electrons. The summed E-state index contributed by atoms with van der Waals surface area (Å²) < 4.78 is 0. The number of carboxylic acid groups (broad SMARTS) is 1. The molecule has 5 heteroatoms. The third kappa shape index (κ3) is 2.98. The smallest absolute Gasteiger partial charge is 0.326 e. The summed E-state index contributed by atoms with van der Waals surface area (Å²) in [5, 5.41) is 18.0. The minimum Gasteiger partial charge on any atom is -0.508 e. The Labute approximate surface area is 92.9 Å². The molecule has 1 aromatic rings. The molecule has 0 saturated carbocycles. The van der Waals surface area contributed by atoms with Gasteiger partial charge in [-0.15, -0.1) is 0 Å². The van der Waals surface area contributed by atoms with Gasteiger partial charge in [0.25, 0.3) is 0 Å². The first kappa shape index (κ1) is 12.0. The second kappa shape index (κ2) is 5.16. The van der Waals surface area contributed by atoms with Crippen LogP contribution in [0.4, 0.5) is 0 Å². The Kier molecular flexibility index (Phi) is 3.88. The number of aliphatic carboxylic acids is 1. The maximum Gasteiger partial charge on any atom is 0.326 e.